The van der Waals surface area contributed by atoms with Crippen molar-refractivity contribution in [1.82, 2.24) is 9.97 Å². The Balaban J connectivity index is 3.09. The van der Waals surface area contributed by atoms with E-state index in [-0.39, 0.29) is 5.55 Å². The van der Waals surface area contributed by atoms with E-state index >= 15 is 0 Å². The summed E-state index contributed by atoms with van der Waals surface area (Å²) in [5.74, 6) is 0. The van der Waals surface area contributed by atoms with Crippen molar-refractivity contribution < 1.29 is 4.42 Å². The minimum atomic E-state index is 0.0961. The van der Waals surface area contributed by atoms with E-state index in [0.29, 0.717) is 5.52 Å². The number of aromatic amines is 1. The molecule has 2 rings (SSSR count). The van der Waals surface area contributed by atoms with Gasteiger partial charge in [-0.05, 0) is 6.07 Å². The van der Waals surface area contributed by atoms with Gasteiger partial charge in [-0.3, -0.25) is 5.41 Å². The molecule has 2 heterocycles. The molecule has 0 spiro atoms. The Morgan fingerprint density at radius 2 is 2.50 bits per heavy atom. The van der Waals surface area contributed by atoms with E-state index in [2.05, 4.69) is 9.97 Å². The van der Waals surface area contributed by atoms with Crippen molar-refractivity contribution in [2.45, 2.75) is 0 Å². The van der Waals surface area contributed by atoms with E-state index in [0.717, 1.165) is 5.52 Å². The molecule has 2 N–H and O–H groups in total. The highest BCUT2D eigenvalue weighted by Crippen LogP contribution is 2.00. The number of aromatic nitrogens is 2. The lowest BCUT2D eigenvalue weighted by Gasteiger charge is -1.83. The third-order valence-electron chi connectivity index (χ3n) is 1.30. The second-order valence-corrected chi connectivity index (χ2v) is 1.91. The molecule has 0 amide bonds. The average Bonchev–Trinajstić information content (AvgIpc) is 2.36. The van der Waals surface area contributed by atoms with Gasteiger partial charge in [-0.15, -0.1) is 0 Å². The Kier molecular flexibility index (Phi) is 0.887. The number of hydrogen-bond acceptors (Lipinski definition) is 3. The number of H-pyrrole nitrogens is 1. The number of fused-ring (bicyclic) bond motifs is 1. The molecule has 0 aromatic carbocycles. The van der Waals surface area contributed by atoms with Gasteiger partial charge >= 0.3 is 0 Å². The summed E-state index contributed by atoms with van der Waals surface area (Å²) in [6.07, 6.45) is 3.00. The molecular weight excluding hydrogens is 130 g/mol. The number of hydrogen-bond donors (Lipinski definition) is 2. The van der Waals surface area contributed by atoms with E-state index in [1.54, 1.807) is 6.07 Å². The first-order chi connectivity index (χ1) is 4.88. The summed E-state index contributed by atoms with van der Waals surface area (Å²) in [6, 6.07) is 1.74. The molecule has 0 aliphatic rings. The summed E-state index contributed by atoms with van der Waals surface area (Å²) in [6.45, 7) is 0. The van der Waals surface area contributed by atoms with E-state index in [1.165, 1.54) is 12.6 Å². The fourth-order valence-corrected chi connectivity index (χ4v) is 0.838. The SMILES string of the molecule is N=c1occc2[nH]cnc12. The molecule has 0 bridgehead atoms. The molecule has 0 aliphatic heterocycles. The van der Waals surface area contributed by atoms with Crippen LogP contribution in [-0.2, 0) is 0 Å². The first-order valence-corrected chi connectivity index (χ1v) is 2.83. The molecular formula is C6H5N3O. The lowest BCUT2D eigenvalue weighted by molar-refractivity contribution is 0.494. The largest absolute Gasteiger partial charge is 0.445 e. The number of rotatable bonds is 0. The first-order valence-electron chi connectivity index (χ1n) is 2.83. The highest BCUT2D eigenvalue weighted by molar-refractivity contribution is 5.71. The molecule has 4 nitrogen and oxygen atoms in total. The molecule has 0 fully saturated rings. The highest BCUT2D eigenvalue weighted by atomic mass is 16.3. The topological polar surface area (TPSA) is 65.7 Å². The molecule has 0 aliphatic carbocycles. The number of nitrogens with one attached hydrogen (secondary N) is 2. The van der Waals surface area contributed by atoms with Crippen molar-refractivity contribution in [2.75, 3.05) is 0 Å². The Morgan fingerprint density at radius 1 is 1.60 bits per heavy atom. The van der Waals surface area contributed by atoms with E-state index in [4.69, 9.17) is 9.83 Å². The van der Waals surface area contributed by atoms with Gasteiger partial charge in [0.25, 0.3) is 0 Å². The number of nitrogens with zero attached hydrogens (tertiary/aromatic N) is 1. The maximum Gasteiger partial charge on any atom is 0.239 e. The van der Waals surface area contributed by atoms with Crippen LogP contribution in [0.1, 0.15) is 0 Å². The monoisotopic (exact) mass is 135 g/mol. The average molecular weight is 135 g/mol. The summed E-state index contributed by atoms with van der Waals surface area (Å²) in [7, 11) is 0. The van der Waals surface area contributed by atoms with E-state index in [1.807, 2.05) is 0 Å². The van der Waals surface area contributed by atoms with Gasteiger partial charge in [0.05, 0.1) is 18.1 Å². The van der Waals surface area contributed by atoms with Crippen LogP contribution in [0.2, 0.25) is 0 Å². The molecule has 0 saturated carbocycles. The Labute approximate surface area is 56.0 Å². The molecule has 2 aromatic heterocycles. The zero-order valence-electron chi connectivity index (χ0n) is 5.09. The second-order valence-electron chi connectivity index (χ2n) is 1.91. The van der Waals surface area contributed by atoms with Gasteiger partial charge < -0.3 is 9.40 Å². The lowest BCUT2D eigenvalue weighted by atomic mass is 10.4. The van der Waals surface area contributed by atoms with Crippen molar-refractivity contribution in [3.8, 4) is 0 Å². The summed E-state index contributed by atoms with van der Waals surface area (Å²) in [5.41, 5.74) is 1.50. The molecule has 50 valence electrons. The van der Waals surface area contributed by atoms with Crippen molar-refractivity contribution in [3.05, 3.63) is 24.2 Å². The fourth-order valence-electron chi connectivity index (χ4n) is 0.838. The van der Waals surface area contributed by atoms with Crippen LogP contribution in [0, 0.1) is 5.41 Å². The van der Waals surface area contributed by atoms with Crippen molar-refractivity contribution >= 4 is 11.0 Å². The third kappa shape index (κ3) is 0.556. The van der Waals surface area contributed by atoms with Crippen LogP contribution in [0.15, 0.2) is 23.1 Å². The smallest absolute Gasteiger partial charge is 0.239 e. The quantitative estimate of drug-likeness (QED) is 0.556. The standard InChI is InChI=1S/C6H5N3O/c7-6-5-4(1-2-10-6)8-3-9-5/h1-3,7H,(H,8,9). The summed E-state index contributed by atoms with van der Waals surface area (Å²) < 4.78 is 4.78. The molecule has 0 saturated heterocycles. The van der Waals surface area contributed by atoms with E-state index in [9.17, 15) is 0 Å². The third-order valence-corrected chi connectivity index (χ3v) is 1.30. The van der Waals surface area contributed by atoms with Gasteiger partial charge in [-0.1, -0.05) is 0 Å². The van der Waals surface area contributed by atoms with Gasteiger partial charge in [0.2, 0.25) is 5.55 Å². The Hall–Kier alpha value is -1.58. The second kappa shape index (κ2) is 1.70. The molecule has 10 heavy (non-hydrogen) atoms. The molecule has 4 heteroatoms. The van der Waals surface area contributed by atoms with Crippen molar-refractivity contribution in [2.24, 2.45) is 0 Å². The van der Waals surface area contributed by atoms with Crippen LogP contribution in [-0.4, -0.2) is 9.97 Å². The normalized spacial score (nSPS) is 10.4. The fraction of sp³-hybridized carbons (Fsp3) is 0. The van der Waals surface area contributed by atoms with Gasteiger partial charge in [-0.2, -0.15) is 0 Å². The molecule has 2 aromatic rings. The van der Waals surface area contributed by atoms with Crippen molar-refractivity contribution in [3.63, 3.8) is 0 Å². The highest BCUT2D eigenvalue weighted by Gasteiger charge is 1.95. The summed E-state index contributed by atoms with van der Waals surface area (Å²) in [4.78, 5) is 6.75. The zero-order chi connectivity index (χ0) is 6.97. The number of imidazole rings is 1. The maximum atomic E-state index is 7.23. The Bertz CT molecular complexity index is 400. The van der Waals surface area contributed by atoms with Crippen LogP contribution in [0.5, 0.6) is 0 Å². The van der Waals surface area contributed by atoms with Crippen LogP contribution < -0.4 is 5.55 Å². The summed E-state index contributed by atoms with van der Waals surface area (Å²) >= 11 is 0. The van der Waals surface area contributed by atoms with Gasteiger partial charge in [0.1, 0.15) is 0 Å². The lowest BCUT2D eigenvalue weighted by Crippen LogP contribution is -1.97. The minimum Gasteiger partial charge on any atom is -0.445 e. The van der Waals surface area contributed by atoms with Gasteiger partial charge in [-0.25, -0.2) is 4.98 Å². The molecule has 0 atom stereocenters. The summed E-state index contributed by atoms with van der Waals surface area (Å²) in [5, 5.41) is 7.23. The van der Waals surface area contributed by atoms with Gasteiger partial charge in [0.15, 0.2) is 5.52 Å². The van der Waals surface area contributed by atoms with Crippen LogP contribution in [0.4, 0.5) is 0 Å². The van der Waals surface area contributed by atoms with Crippen LogP contribution >= 0.6 is 0 Å². The minimum absolute atomic E-state index is 0.0961. The maximum absolute atomic E-state index is 7.23. The zero-order valence-corrected chi connectivity index (χ0v) is 5.09. The van der Waals surface area contributed by atoms with E-state index < -0.39 is 0 Å². The predicted molar refractivity (Wildman–Crippen MR) is 34.2 cm³/mol. The molecule has 0 unspecified atom stereocenters. The first kappa shape index (κ1) is 5.22. The molecule has 0 radical (unpaired) electrons. The van der Waals surface area contributed by atoms with Crippen LogP contribution in [0.25, 0.3) is 11.0 Å². The van der Waals surface area contributed by atoms with Gasteiger partial charge in [0, 0.05) is 0 Å². The Morgan fingerprint density at radius 3 is 3.30 bits per heavy atom. The van der Waals surface area contributed by atoms with Crippen LogP contribution in [0.3, 0.4) is 0 Å². The predicted octanol–water partition coefficient (Wildman–Crippen LogP) is 0.635. The van der Waals surface area contributed by atoms with Crippen molar-refractivity contribution in [1.29, 1.82) is 5.41 Å².